The van der Waals surface area contributed by atoms with Crippen LogP contribution in [0.15, 0.2) is 29.3 Å². The van der Waals surface area contributed by atoms with Gasteiger partial charge in [0, 0.05) is 38.2 Å². The predicted octanol–water partition coefficient (Wildman–Crippen LogP) is 3.70. The van der Waals surface area contributed by atoms with Crippen molar-refractivity contribution in [1.29, 1.82) is 0 Å². The maximum Gasteiger partial charge on any atom is 0.193 e. The Morgan fingerprint density at radius 1 is 1.38 bits per heavy atom. The van der Waals surface area contributed by atoms with E-state index in [9.17, 15) is 0 Å². The van der Waals surface area contributed by atoms with Crippen molar-refractivity contribution in [3.05, 3.63) is 34.9 Å². The summed E-state index contributed by atoms with van der Waals surface area (Å²) in [4.78, 5) is 9.45. The lowest BCUT2D eigenvalue weighted by atomic mass is 9.99. The summed E-state index contributed by atoms with van der Waals surface area (Å²) in [5.41, 5.74) is 1.24. The van der Waals surface area contributed by atoms with E-state index in [-0.39, 0.29) is 24.0 Å². The molecule has 1 aromatic carbocycles. The first-order valence-electron chi connectivity index (χ1n) is 8.51. The fourth-order valence-electron chi connectivity index (χ4n) is 3.05. The van der Waals surface area contributed by atoms with Crippen molar-refractivity contribution in [3.63, 3.8) is 0 Å². The number of rotatable bonds is 5. The van der Waals surface area contributed by atoms with Crippen LogP contribution in [0.5, 0.6) is 0 Å². The first-order chi connectivity index (χ1) is 11.1. The largest absolute Gasteiger partial charge is 0.357 e. The number of halogens is 2. The molecule has 1 aromatic rings. The van der Waals surface area contributed by atoms with Crippen LogP contribution in [0, 0.1) is 5.92 Å². The van der Waals surface area contributed by atoms with Crippen LogP contribution in [0.25, 0.3) is 0 Å². The van der Waals surface area contributed by atoms with Gasteiger partial charge in [-0.3, -0.25) is 4.99 Å². The number of hydrogen-bond donors (Lipinski definition) is 1. The molecule has 0 amide bonds. The van der Waals surface area contributed by atoms with Gasteiger partial charge in [0.2, 0.25) is 0 Å². The van der Waals surface area contributed by atoms with Crippen molar-refractivity contribution >= 4 is 41.5 Å². The average Bonchev–Trinajstić information content (AvgIpc) is 2.53. The Balaban J connectivity index is 0.00000288. The van der Waals surface area contributed by atoms with E-state index in [2.05, 4.69) is 48.3 Å². The van der Waals surface area contributed by atoms with Gasteiger partial charge >= 0.3 is 0 Å². The average molecular weight is 465 g/mol. The van der Waals surface area contributed by atoms with Crippen LogP contribution < -0.4 is 5.32 Å². The molecule has 0 radical (unpaired) electrons. The maximum atomic E-state index is 5.95. The third-order valence-electron chi connectivity index (χ3n) is 4.25. The second kappa shape index (κ2) is 11.2. The fourth-order valence-corrected chi connectivity index (χ4v) is 3.17. The van der Waals surface area contributed by atoms with Gasteiger partial charge in [-0.2, -0.15) is 0 Å². The first-order valence-corrected chi connectivity index (χ1v) is 8.88. The Labute approximate surface area is 168 Å². The number of nitrogens with one attached hydrogen (secondary N) is 1. The summed E-state index contributed by atoms with van der Waals surface area (Å²) in [6.45, 7) is 7.10. The number of nitrogens with zero attached hydrogens (tertiary/aromatic N) is 3. The normalized spacial score (nSPS) is 18.8. The molecule has 0 saturated carbocycles. The summed E-state index contributed by atoms with van der Waals surface area (Å²) in [5.74, 6) is 1.65. The first kappa shape index (κ1) is 21.5. The molecule has 0 bridgehead atoms. The maximum absolute atomic E-state index is 5.95. The zero-order chi connectivity index (χ0) is 16.7. The summed E-state index contributed by atoms with van der Waals surface area (Å²) < 4.78 is 0. The molecule has 1 atom stereocenters. The van der Waals surface area contributed by atoms with Crippen molar-refractivity contribution in [1.82, 2.24) is 15.1 Å². The SMILES string of the molecule is CCNC(=NCC1CCCN(C)C1)N(C)Cc1ccc(Cl)cc1.I. The van der Waals surface area contributed by atoms with Crippen molar-refractivity contribution in [2.45, 2.75) is 26.3 Å². The smallest absolute Gasteiger partial charge is 0.193 e. The summed E-state index contributed by atoms with van der Waals surface area (Å²) in [5, 5.41) is 4.18. The highest BCUT2D eigenvalue weighted by molar-refractivity contribution is 14.0. The summed E-state index contributed by atoms with van der Waals surface area (Å²) in [6.07, 6.45) is 2.57. The highest BCUT2D eigenvalue weighted by Gasteiger charge is 2.17. The van der Waals surface area contributed by atoms with Crippen LogP contribution in [0.4, 0.5) is 0 Å². The van der Waals surface area contributed by atoms with E-state index >= 15 is 0 Å². The Kier molecular flexibility index (Phi) is 10.0. The number of likely N-dealkylation sites (tertiary alicyclic amines) is 1. The molecule has 1 saturated heterocycles. The van der Waals surface area contributed by atoms with Gasteiger partial charge in [-0.05, 0) is 57.0 Å². The topological polar surface area (TPSA) is 30.9 Å². The number of aliphatic imine (C=N–C) groups is 1. The number of hydrogen-bond acceptors (Lipinski definition) is 2. The molecule has 1 fully saturated rings. The molecule has 0 aromatic heterocycles. The number of guanidine groups is 1. The van der Waals surface area contributed by atoms with Crippen molar-refractivity contribution in [3.8, 4) is 0 Å². The third kappa shape index (κ3) is 7.15. The van der Waals surface area contributed by atoms with E-state index in [0.29, 0.717) is 5.92 Å². The summed E-state index contributed by atoms with van der Waals surface area (Å²) in [6, 6.07) is 8.01. The highest BCUT2D eigenvalue weighted by Crippen LogP contribution is 2.15. The molecule has 136 valence electrons. The Morgan fingerprint density at radius 2 is 2.08 bits per heavy atom. The van der Waals surface area contributed by atoms with E-state index < -0.39 is 0 Å². The predicted molar refractivity (Wildman–Crippen MR) is 115 cm³/mol. The minimum absolute atomic E-state index is 0. The second-order valence-electron chi connectivity index (χ2n) is 6.45. The molecule has 1 N–H and O–H groups in total. The monoisotopic (exact) mass is 464 g/mol. The minimum atomic E-state index is 0. The van der Waals surface area contributed by atoms with Gasteiger partial charge in [0.05, 0.1) is 0 Å². The van der Waals surface area contributed by atoms with Gasteiger partial charge < -0.3 is 15.1 Å². The van der Waals surface area contributed by atoms with Crippen LogP contribution in [0.1, 0.15) is 25.3 Å². The molecule has 1 aliphatic heterocycles. The van der Waals surface area contributed by atoms with Gasteiger partial charge in [-0.15, -0.1) is 24.0 Å². The molecule has 4 nitrogen and oxygen atoms in total. The van der Waals surface area contributed by atoms with Crippen LogP contribution in [0.2, 0.25) is 5.02 Å². The van der Waals surface area contributed by atoms with Gasteiger partial charge in [-0.1, -0.05) is 23.7 Å². The van der Waals surface area contributed by atoms with E-state index in [0.717, 1.165) is 37.2 Å². The molecule has 0 spiro atoms. The molecule has 1 unspecified atom stereocenters. The van der Waals surface area contributed by atoms with Gasteiger partial charge in [0.25, 0.3) is 0 Å². The third-order valence-corrected chi connectivity index (χ3v) is 4.50. The van der Waals surface area contributed by atoms with Gasteiger partial charge in [0.1, 0.15) is 0 Å². The lowest BCUT2D eigenvalue weighted by Crippen LogP contribution is -2.39. The molecule has 24 heavy (non-hydrogen) atoms. The molecule has 1 heterocycles. The molecular weight excluding hydrogens is 435 g/mol. The summed E-state index contributed by atoms with van der Waals surface area (Å²) in [7, 11) is 4.29. The van der Waals surface area contributed by atoms with Gasteiger partial charge in [0.15, 0.2) is 5.96 Å². The zero-order valence-corrected chi connectivity index (χ0v) is 18.1. The molecule has 2 rings (SSSR count). The van der Waals surface area contributed by atoms with Crippen molar-refractivity contribution < 1.29 is 0 Å². The van der Waals surface area contributed by atoms with Crippen LogP contribution >= 0.6 is 35.6 Å². The quantitative estimate of drug-likeness (QED) is 0.409. The fraction of sp³-hybridized carbons (Fsp3) is 0.611. The Hall–Kier alpha value is -0.530. The second-order valence-corrected chi connectivity index (χ2v) is 6.88. The standard InChI is InChI=1S/C18H29ClN4.HI/c1-4-20-18(21-12-16-6-5-11-22(2)13-16)23(3)14-15-7-9-17(19)10-8-15;/h7-10,16H,4-6,11-14H2,1-3H3,(H,20,21);1H. The molecular formula is C18H30ClIN4. The van der Waals surface area contributed by atoms with E-state index in [4.69, 9.17) is 16.6 Å². The van der Waals surface area contributed by atoms with Crippen LogP contribution in [0.3, 0.4) is 0 Å². The van der Waals surface area contributed by atoms with Crippen molar-refractivity contribution in [2.24, 2.45) is 10.9 Å². The lowest BCUT2D eigenvalue weighted by molar-refractivity contribution is 0.214. The van der Waals surface area contributed by atoms with Crippen LogP contribution in [-0.4, -0.2) is 56.0 Å². The minimum Gasteiger partial charge on any atom is -0.357 e. The zero-order valence-electron chi connectivity index (χ0n) is 15.0. The van der Waals surface area contributed by atoms with E-state index in [1.807, 2.05) is 12.1 Å². The number of benzene rings is 1. The van der Waals surface area contributed by atoms with Gasteiger partial charge in [-0.25, -0.2) is 0 Å². The van der Waals surface area contributed by atoms with Crippen LogP contribution in [-0.2, 0) is 6.54 Å². The molecule has 6 heteroatoms. The summed E-state index contributed by atoms with van der Waals surface area (Å²) >= 11 is 5.95. The number of piperidine rings is 1. The van der Waals surface area contributed by atoms with E-state index in [1.54, 1.807) is 0 Å². The highest BCUT2D eigenvalue weighted by atomic mass is 127. The Morgan fingerprint density at radius 3 is 2.71 bits per heavy atom. The van der Waals surface area contributed by atoms with Crippen molar-refractivity contribution in [2.75, 3.05) is 40.3 Å². The molecule has 0 aliphatic carbocycles. The van der Waals surface area contributed by atoms with E-state index in [1.165, 1.54) is 24.9 Å². The lowest BCUT2D eigenvalue weighted by Gasteiger charge is -2.29. The Bertz CT molecular complexity index is 506. The molecule has 1 aliphatic rings.